The van der Waals surface area contributed by atoms with Crippen LogP contribution in [-0.4, -0.2) is 93.2 Å². The fourth-order valence-corrected chi connectivity index (χ4v) is 2.92. The Morgan fingerprint density at radius 1 is 0.704 bits per heavy atom. The van der Waals surface area contributed by atoms with Crippen LogP contribution in [-0.2, 0) is 18.5 Å². The normalized spacial score (nSPS) is 12.8. The van der Waals surface area contributed by atoms with E-state index in [2.05, 4.69) is 94.8 Å². The monoisotopic (exact) mass is 378 g/mol. The maximum Gasteiger partial charge on any atom is 0.124 e. The Bertz CT molecular complexity index is 537. The number of aromatic hydroxyl groups is 1. The van der Waals surface area contributed by atoms with Crippen LogP contribution in [0.25, 0.3) is 0 Å². The van der Waals surface area contributed by atoms with E-state index in [1.165, 1.54) is 5.56 Å². The van der Waals surface area contributed by atoms with Gasteiger partial charge < -0.3 is 24.7 Å². The van der Waals surface area contributed by atoms with Crippen LogP contribution in [0.1, 0.15) is 37.5 Å². The molecular formula is C22H42N4O. The Kier molecular flexibility index (Phi) is 9.22. The maximum atomic E-state index is 11.0. The second kappa shape index (κ2) is 10.4. The molecule has 0 saturated heterocycles. The molecule has 1 rings (SSSR count). The van der Waals surface area contributed by atoms with Crippen molar-refractivity contribution in [3.8, 4) is 5.75 Å². The van der Waals surface area contributed by atoms with E-state index in [9.17, 15) is 5.11 Å². The number of hydrogen-bond donors (Lipinski definition) is 1. The summed E-state index contributed by atoms with van der Waals surface area (Å²) in [7, 11) is 12.6. The third kappa shape index (κ3) is 8.60. The summed E-state index contributed by atoms with van der Waals surface area (Å²) in [5, 5.41) is 11.0. The number of hydrogen-bond acceptors (Lipinski definition) is 5. The van der Waals surface area contributed by atoms with Crippen molar-refractivity contribution in [1.82, 2.24) is 19.6 Å². The predicted molar refractivity (Wildman–Crippen MR) is 117 cm³/mol. The van der Waals surface area contributed by atoms with Crippen molar-refractivity contribution in [2.45, 2.75) is 39.3 Å². The van der Waals surface area contributed by atoms with E-state index in [1.54, 1.807) is 0 Å². The lowest BCUT2D eigenvalue weighted by atomic mass is 9.84. The highest BCUT2D eigenvalue weighted by atomic mass is 16.3. The molecule has 1 aromatic carbocycles. The molecule has 0 aliphatic heterocycles. The van der Waals surface area contributed by atoms with Gasteiger partial charge in [0.05, 0.1) is 0 Å². The van der Waals surface area contributed by atoms with Gasteiger partial charge in [-0.25, -0.2) is 0 Å². The first-order chi connectivity index (χ1) is 12.4. The fraction of sp³-hybridized carbons (Fsp3) is 0.727. The molecular weight excluding hydrogens is 336 g/mol. The number of likely N-dealkylation sites (N-methyl/N-ethyl adjacent to an activating group) is 4. The minimum Gasteiger partial charge on any atom is -0.507 e. The van der Waals surface area contributed by atoms with Gasteiger partial charge in [-0.05, 0) is 53.3 Å². The van der Waals surface area contributed by atoms with Gasteiger partial charge in [-0.1, -0.05) is 32.9 Å². The second-order valence-electron chi connectivity index (χ2n) is 9.48. The quantitative estimate of drug-likeness (QED) is 0.677. The molecule has 1 N–H and O–H groups in total. The molecule has 0 saturated carbocycles. The number of rotatable bonds is 10. The summed E-state index contributed by atoms with van der Waals surface area (Å²) in [6, 6.07) is 4.37. The third-order valence-electron chi connectivity index (χ3n) is 4.87. The van der Waals surface area contributed by atoms with Gasteiger partial charge in [-0.3, -0.25) is 0 Å². The van der Waals surface area contributed by atoms with Crippen LogP contribution in [0.15, 0.2) is 12.1 Å². The molecule has 0 fully saturated rings. The van der Waals surface area contributed by atoms with Gasteiger partial charge >= 0.3 is 0 Å². The van der Waals surface area contributed by atoms with Crippen LogP contribution in [0.3, 0.4) is 0 Å². The van der Waals surface area contributed by atoms with E-state index >= 15 is 0 Å². The molecule has 27 heavy (non-hydrogen) atoms. The Morgan fingerprint density at radius 3 is 1.37 bits per heavy atom. The summed E-state index contributed by atoms with van der Waals surface area (Å²) in [5.41, 5.74) is 3.40. The molecule has 5 nitrogen and oxygen atoms in total. The van der Waals surface area contributed by atoms with E-state index in [4.69, 9.17) is 0 Å². The van der Waals surface area contributed by atoms with Gasteiger partial charge in [0.1, 0.15) is 5.75 Å². The first-order valence-corrected chi connectivity index (χ1v) is 9.92. The molecule has 1 aromatic rings. The molecule has 0 amide bonds. The number of phenols is 1. The molecule has 0 aliphatic carbocycles. The molecule has 0 bridgehead atoms. The second-order valence-corrected chi connectivity index (χ2v) is 9.48. The van der Waals surface area contributed by atoms with Gasteiger partial charge in [-0.2, -0.15) is 0 Å². The Hall–Kier alpha value is -1.14. The van der Waals surface area contributed by atoms with Crippen LogP contribution in [0.4, 0.5) is 0 Å². The van der Waals surface area contributed by atoms with Crippen molar-refractivity contribution >= 4 is 0 Å². The number of nitrogens with zero attached hydrogens (tertiary/aromatic N) is 4. The molecule has 0 heterocycles. The van der Waals surface area contributed by atoms with Gasteiger partial charge in [0.2, 0.25) is 0 Å². The zero-order valence-corrected chi connectivity index (χ0v) is 19.1. The first-order valence-electron chi connectivity index (χ1n) is 9.92. The lowest BCUT2D eigenvalue weighted by Crippen LogP contribution is -2.29. The third-order valence-corrected chi connectivity index (χ3v) is 4.87. The standard InChI is InChI=1S/C22H42N4O/c1-22(2,3)20-14-18(16-25(8)12-10-23(4)5)21(27)19(15-20)17-26(9)13-11-24(6)7/h14-15,27H,10-13,16-17H2,1-9H3. The van der Waals surface area contributed by atoms with Crippen molar-refractivity contribution in [3.63, 3.8) is 0 Å². The summed E-state index contributed by atoms with van der Waals surface area (Å²) in [5.74, 6) is 0.455. The van der Waals surface area contributed by atoms with Gasteiger partial charge in [0.25, 0.3) is 0 Å². The summed E-state index contributed by atoms with van der Waals surface area (Å²) in [6.07, 6.45) is 0. The van der Waals surface area contributed by atoms with E-state index in [1.807, 2.05) is 0 Å². The van der Waals surface area contributed by atoms with Crippen LogP contribution in [0, 0.1) is 0 Å². The predicted octanol–water partition coefficient (Wildman–Crippen LogP) is 2.68. The summed E-state index contributed by atoms with van der Waals surface area (Å²) in [6.45, 7) is 12.2. The number of phenolic OH excluding ortho intramolecular Hbond substituents is 1. The van der Waals surface area contributed by atoms with Crippen molar-refractivity contribution in [2.75, 3.05) is 68.5 Å². The Balaban J connectivity index is 3.04. The zero-order chi connectivity index (χ0) is 20.8. The van der Waals surface area contributed by atoms with Gasteiger partial charge in [-0.15, -0.1) is 0 Å². The Morgan fingerprint density at radius 2 is 1.07 bits per heavy atom. The molecule has 156 valence electrons. The minimum absolute atomic E-state index is 0.0572. The van der Waals surface area contributed by atoms with E-state index in [0.717, 1.165) is 50.4 Å². The average molecular weight is 379 g/mol. The smallest absolute Gasteiger partial charge is 0.124 e. The average Bonchev–Trinajstić information content (AvgIpc) is 2.53. The summed E-state index contributed by atoms with van der Waals surface area (Å²) in [4.78, 5) is 8.93. The van der Waals surface area contributed by atoms with Gasteiger partial charge in [0, 0.05) is 50.4 Å². The van der Waals surface area contributed by atoms with E-state index in [-0.39, 0.29) is 5.41 Å². The minimum atomic E-state index is 0.0572. The Labute approximate surface area is 167 Å². The van der Waals surface area contributed by atoms with Crippen molar-refractivity contribution in [1.29, 1.82) is 0 Å². The maximum absolute atomic E-state index is 11.0. The largest absolute Gasteiger partial charge is 0.507 e. The van der Waals surface area contributed by atoms with Crippen LogP contribution < -0.4 is 0 Å². The fourth-order valence-electron chi connectivity index (χ4n) is 2.92. The van der Waals surface area contributed by atoms with E-state index in [0.29, 0.717) is 5.75 Å². The lowest BCUT2D eigenvalue weighted by molar-refractivity contribution is 0.267. The van der Waals surface area contributed by atoms with Crippen molar-refractivity contribution in [3.05, 3.63) is 28.8 Å². The van der Waals surface area contributed by atoms with Crippen molar-refractivity contribution in [2.24, 2.45) is 0 Å². The van der Waals surface area contributed by atoms with Crippen LogP contribution in [0.2, 0.25) is 0 Å². The molecule has 0 unspecified atom stereocenters. The van der Waals surface area contributed by atoms with E-state index < -0.39 is 0 Å². The molecule has 0 spiro atoms. The molecule has 5 heteroatoms. The highest BCUT2D eigenvalue weighted by Crippen LogP contribution is 2.32. The summed E-state index contributed by atoms with van der Waals surface area (Å²) < 4.78 is 0. The van der Waals surface area contributed by atoms with Crippen molar-refractivity contribution < 1.29 is 5.11 Å². The molecule has 0 atom stereocenters. The number of benzene rings is 1. The SMILES string of the molecule is CN(C)CCN(C)Cc1cc(C(C)(C)C)cc(CN(C)CCN(C)C)c1O. The topological polar surface area (TPSA) is 33.2 Å². The highest BCUT2D eigenvalue weighted by molar-refractivity contribution is 5.45. The molecule has 0 aliphatic rings. The van der Waals surface area contributed by atoms with Crippen LogP contribution in [0.5, 0.6) is 5.75 Å². The first kappa shape index (κ1) is 23.9. The van der Waals surface area contributed by atoms with Crippen LogP contribution >= 0.6 is 0 Å². The molecule has 0 aromatic heterocycles. The highest BCUT2D eigenvalue weighted by Gasteiger charge is 2.20. The zero-order valence-electron chi connectivity index (χ0n) is 19.1. The lowest BCUT2D eigenvalue weighted by Gasteiger charge is -2.26. The molecule has 0 radical (unpaired) electrons. The van der Waals surface area contributed by atoms with Gasteiger partial charge in [0.15, 0.2) is 0 Å². The summed E-state index contributed by atoms with van der Waals surface area (Å²) >= 11 is 0.